The minimum Gasteiger partial charge on any atom is -0.369 e. The van der Waals surface area contributed by atoms with Gasteiger partial charge in [0.25, 0.3) is 0 Å². The highest BCUT2D eigenvalue weighted by Crippen LogP contribution is 2.21. The van der Waals surface area contributed by atoms with E-state index in [4.69, 9.17) is 11.0 Å². The van der Waals surface area contributed by atoms with Crippen LogP contribution >= 0.6 is 0 Å². The van der Waals surface area contributed by atoms with E-state index in [9.17, 15) is 0 Å². The van der Waals surface area contributed by atoms with Crippen LogP contribution < -0.4 is 10.6 Å². The van der Waals surface area contributed by atoms with E-state index in [0.29, 0.717) is 11.7 Å². The minimum absolute atomic E-state index is 0.309. The van der Waals surface area contributed by atoms with Gasteiger partial charge in [-0.25, -0.2) is 4.98 Å². The largest absolute Gasteiger partial charge is 0.369 e. The first kappa shape index (κ1) is 9.94. The molecule has 2 heterocycles. The molecule has 1 aromatic rings. The smallest absolute Gasteiger partial charge is 0.163 e. The fraction of sp³-hybridized carbons (Fsp3) is 0.455. The van der Waals surface area contributed by atoms with Crippen LogP contribution in [-0.4, -0.2) is 24.1 Å². The maximum atomic E-state index is 8.94. The molecule has 1 saturated heterocycles. The molecule has 4 nitrogen and oxygen atoms in total. The highest BCUT2D eigenvalue weighted by atomic mass is 15.1. The standard InChI is InChI=1S/C11H14N4/c12-8-10-11(2-1-5-14-10)15-6-3-9(13)4-7-15/h1-2,5,9H,3-4,6-7,13H2. The van der Waals surface area contributed by atoms with Crippen LogP contribution in [0.2, 0.25) is 0 Å². The van der Waals surface area contributed by atoms with E-state index in [0.717, 1.165) is 31.6 Å². The van der Waals surface area contributed by atoms with Crippen molar-refractivity contribution in [1.82, 2.24) is 4.98 Å². The molecule has 78 valence electrons. The topological polar surface area (TPSA) is 65.9 Å². The monoisotopic (exact) mass is 202 g/mol. The molecule has 1 fully saturated rings. The molecule has 0 radical (unpaired) electrons. The van der Waals surface area contributed by atoms with Gasteiger partial charge in [0.15, 0.2) is 5.69 Å². The molecule has 1 aromatic heterocycles. The van der Waals surface area contributed by atoms with Crippen LogP contribution in [0.25, 0.3) is 0 Å². The zero-order chi connectivity index (χ0) is 10.7. The molecule has 4 heteroatoms. The van der Waals surface area contributed by atoms with Crippen molar-refractivity contribution in [2.75, 3.05) is 18.0 Å². The second kappa shape index (κ2) is 4.28. The fourth-order valence-corrected chi connectivity index (χ4v) is 1.88. The van der Waals surface area contributed by atoms with Crippen LogP contribution in [0.3, 0.4) is 0 Å². The number of hydrogen-bond donors (Lipinski definition) is 1. The average Bonchev–Trinajstić information content (AvgIpc) is 2.30. The van der Waals surface area contributed by atoms with Crippen molar-refractivity contribution in [1.29, 1.82) is 5.26 Å². The Bertz CT molecular complexity index is 374. The van der Waals surface area contributed by atoms with E-state index in [1.165, 1.54) is 0 Å². The highest BCUT2D eigenvalue weighted by Gasteiger charge is 2.18. The molecule has 0 amide bonds. The molecule has 0 aliphatic carbocycles. The van der Waals surface area contributed by atoms with Gasteiger partial charge in [-0.05, 0) is 25.0 Å². The van der Waals surface area contributed by atoms with Crippen molar-refractivity contribution >= 4 is 5.69 Å². The van der Waals surface area contributed by atoms with E-state index in [1.807, 2.05) is 12.1 Å². The number of nitrogens with zero attached hydrogens (tertiary/aromatic N) is 3. The summed E-state index contributed by atoms with van der Waals surface area (Å²) in [5.41, 5.74) is 7.28. The summed E-state index contributed by atoms with van der Waals surface area (Å²) in [6.07, 6.45) is 3.62. The number of anilines is 1. The fourth-order valence-electron chi connectivity index (χ4n) is 1.88. The van der Waals surface area contributed by atoms with Crippen LogP contribution in [0.5, 0.6) is 0 Å². The lowest BCUT2D eigenvalue weighted by atomic mass is 10.1. The van der Waals surface area contributed by atoms with E-state index >= 15 is 0 Å². The lowest BCUT2D eigenvalue weighted by Crippen LogP contribution is -2.40. The molecule has 2 N–H and O–H groups in total. The van der Waals surface area contributed by atoms with Gasteiger partial charge in [-0.3, -0.25) is 0 Å². The number of hydrogen-bond acceptors (Lipinski definition) is 4. The van der Waals surface area contributed by atoms with Crippen molar-refractivity contribution < 1.29 is 0 Å². The molecule has 15 heavy (non-hydrogen) atoms. The first-order chi connectivity index (χ1) is 7.31. The lowest BCUT2D eigenvalue weighted by molar-refractivity contribution is 0.501. The molecule has 1 aliphatic heterocycles. The first-order valence-corrected chi connectivity index (χ1v) is 5.17. The van der Waals surface area contributed by atoms with Gasteiger partial charge >= 0.3 is 0 Å². The van der Waals surface area contributed by atoms with Gasteiger partial charge in [-0.15, -0.1) is 0 Å². The summed E-state index contributed by atoms with van der Waals surface area (Å²) < 4.78 is 0. The van der Waals surface area contributed by atoms with E-state index in [-0.39, 0.29) is 0 Å². The summed E-state index contributed by atoms with van der Waals surface area (Å²) in [6, 6.07) is 6.24. The van der Waals surface area contributed by atoms with Crippen LogP contribution in [0.1, 0.15) is 18.5 Å². The molecule has 0 aromatic carbocycles. The number of rotatable bonds is 1. The highest BCUT2D eigenvalue weighted by molar-refractivity contribution is 5.55. The third-order valence-corrected chi connectivity index (χ3v) is 2.77. The van der Waals surface area contributed by atoms with Crippen LogP contribution in [-0.2, 0) is 0 Å². The maximum Gasteiger partial charge on any atom is 0.163 e. The minimum atomic E-state index is 0.309. The molecule has 1 aliphatic rings. The van der Waals surface area contributed by atoms with Gasteiger partial charge < -0.3 is 10.6 Å². The molecule has 0 bridgehead atoms. The Balaban J connectivity index is 2.19. The molecule has 0 saturated carbocycles. The van der Waals surface area contributed by atoms with Crippen molar-refractivity contribution in [3.63, 3.8) is 0 Å². The summed E-state index contributed by atoms with van der Waals surface area (Å²) in [7, 11) is 0. The number of nitriles is 1. The van der Waals surface area contributed by atoms with Gasteiger partial charge in [0, 0.05) is 25.3 Å². The molecule has 2 rings (SSSR count). The van der Waals surface area contributed by atoms with Crippen molar-refractivity contribution in [2.45, 2.75) is 18.9 Å². The van der Waals surface area contributed by atoms with E-state index in [2.05, 4.69) is 16.0 Å². The molecular weight excluding hydrogens is 188 g/mol. The Kier molecular flexibility index (Phi) is 2.84. The Hall–Kier alpha value is -1.60. The van der Waals surface area contributed by atoms with Gasteiger partial charge in [0.2, 0.25) is 0 Å². The average molecular weight is 202 g/mol. The Morgan fingerprint density at radius 2 is 2.20 bits per heavy atom. The van der Waals surface area contributed by atoms with Gasteiger partial charge in [-0.2, -0.15) is 5.26 Å². The normalized spacial score (nSPS) is 17.5. The predicted octanol–water partition coefficient (Wildman–Crippen LogP) is 0.881. The number of nitrogens with two attached hydrogens (primary N) is 1. The SMILES string of the molecule is N#Cc1ncccc1N1CCC(N)CC1. The Labute approximate surface area is 89.3 Å². The summed E-state index contributed by atoms with van der Waals surface area (Å²) in [5.74, 6) is 0. The summed E-state index contributed by atoms with van der Waals surface area (Å²) in [6.45, 7) is 1.84. The number of piperidine rings is 1. The molecule has 0 unspecified atom stereocenters. The zero-order valence-corrected chi connectivity index (χ0v) is 8.56. The quantitative estimate of drug-likeness (QED) is 0.734. The van der Waals surface area contributed by atoms with Crippen LogP contribution in [0.15, 0.2) is 18.3 Å². The lowest BCUT2D eigenvalue weighted by Gasteiger charge is -2.32. The Morgan fingerprint density at radius 3 is 2.87 bits per heavy atom. The molecule has 0 spiro atoms. The third-order valence-electron chi connectivity index (χ3n) is 2.77. The van der Waals surface area contributed by atoms with Crippen molar-refractivity contribution in [2.24, 2.45) is 5.73 Å². The third kappa shape index (κ3) is 2.08. The van der Waals surface area contributed by atoms with Crippen LogP contribution in [0.4, 0.5) is 5.69 Å². The van der Waals surface area contributed by atoms with E-state index < -0.39 is 0 Å². The molecular formula is C11H14N4. The summed E-state index contributed by atoms with van der Waals surface area (Å²) >= 11 is 0. The van der Waals surface area contributed by atoms with Gasteiger partial charge in [-0.1, -0.05) is 0 Å². The number of pyridine rings is 1. The Morgan fingerprint density at radius 1 is 1.47 bits per heavy atom. The maximum absolute atomic E-state index is 8.94. The first-order valence-electron chi connectivity index (χ1n) is 5.17. The summed E-state index contributed by atoms with van der Waals surface area (Å²) in [5, 5.41) is 8.94. The van der Waals surface area contributed by atoms with Gasteiger partial charge in [0.05, 0.1) is 5.69 Å². The number of aromatic nitrogens is 1. The summed E-state index contributed by atoms with van der Waals surface area (Å²) in [4.78, 5) is 6.25. The predicted molar refractivity (Wildman–Crippen MR) is 58.4 cm³/mol. The second-order valence-electron chi connectivity index (χ2n) is 3.81. The van der Waals surface area contributed by atoms with Crippen molar-refractivity contribution in [3.8, 4) is 6.07 Å². The zero-order valence-electron chi connectivity index (χ0n) is 8.56. The van der Waals surface area contributed by atoms with E-state index in [1.54, 1.807) is 6.20 Å². The van der Waals surface area contributed by atoms with Gasteiger partial charge in [0.1, 0.15) is 6.07 Å². The second-order valence-corrected chi connectivity index (χ2v) is 3.81. The van der Waals surface area contributed by atoms with Crippen LogP contribution in [0, 0.1) is 11.3 Å². The van der Waals surface area contributed by atoms with Crippen molar-refractivity contribution in [3.05, 3.63) is 24.0 Å². The molecule has 0 atom stereocenters.